The van der Waals surface area contributed by atoms with Crippen LogP contribution in [-0.2, 0) is 22.4 Å². The number of fused-ring (bicyclic) bond motifs is 3. The molecule has 5 rings (SSSR count). The minimum Gasteiger partial charge on any atom is -0.379 e. The molecule has 180 valence electrons. The van der Waals surface area contributed by atoms with Crippen LogP contribution in [0.1, 0.15) is 42.6 Å². The number of aryl methyl sites for hydroxylation is 1. The highest BCUT2D eigenvalue weighted by Crippen LogP contribution is 2.36. The van der Waals surface area contributed by atoms with Crippen molar-refractivity contribution in [1.29, 1.82) is 0 Å². The number of thiophene rings is 1. The van der Waals surface area contributed by atoms with Crippen LogP contribution in [-0.4, -0.2) is 53.6 Å². The SMILES string of the molecule is C[C@H]1CCc2c(sc3nc([C@@H](C)Nc4ccc(NC(=O)CN5CCOCC5)cc4)[nH]c(=O)c23)C1. The van der Waals surface area contributed by atoms with Crippen molar-refractivity contribution in [2.75, 3.05) is 43.5 Å². The molecule has 0 unspecified atom stereocenters. The second-order valence-corrected chi connectivity index (χ2v) is 10.4. The normalized spacial score (nSPS) is 19.5. The predicted molar refractivity (Wildman–Crippen MR) is 136 cm³/mol. The van der Waals surface area contributed by atoms with Crippen molar-refractivity contribution in [3.63, 3.8) is 0 Å². The maximum absolute atomic E-state index is 12.9. The lowest BCUT2D eigenvalue weighted by Gasteiger charge is -2.25. The van der Waals surface area contributed by atoms with Crippen molar-refractivity contribution in [2.45, 2.75) is 39.2 Å². The topological polar surface area (TPSA) is 99.3 Å². The van der Waals surface area contributed by atoms with E-state index in [1.54, 1.807) is 11.3 Å². The lowest BCUT2D eigenvalue weighted by molar-refractivity contribution is -0.118. The van der Waals surface area contributed by atoms with E-state index in [1.807, 2.05) is 31.2 Å². The average molecular weight is 482 g/mol. The number of nitrogens with zero attached hydrogens (tertiary/aromatic N) is 2. The molecule has 2 atom stereocenters. The van der Waals surface area contributed by atoms with E-state index in [9.17, 15) is 9.59 Å². The minimum atomic E-state index is -0.170. The molecule has 3 N–H and O–H groups in total. The largest absolute Gasteiger partial charge is 0.379 e. The molecule has 1 aliphatic heterocycles. The van der Waals surface area contributed by atoms with Crippen molar-refractivity contribution in [2.24, 2.45) is 5.92 Å². The van der Waals surface area contributed by atoms with Gasteiger partial charge in [-0.1, -0.05) is 6.92 Å². The molecule has 1 amide bonds. The molecular formula is C25H31N5O3S. The number of morpholine rings is 1. The van der Waals surface area contributed by atoms with E-state index in [1.165, 1.54) is 10.4 Å². The highest BCUT2D eigenvalue weighted by Gasteiger charge is 2.23. The Morgan fingerprint density at radius 2 is 2.00 bits per heavy atom. The van der Waals surface area contributed by atoms with Gasteiger partial charge in [-0.25, -0.2) is 4.98 Å². The first-order valence-electron chi connectivity index (χ1n) is 12.0. The molecule has 3 aromatic rings. The van der Waals surface area contributed by atoms with Crippen molar-refractivity contribution in [3.05, 3.63) is 50.9 Å². The Bertz CT molecular complexity index is 1230. The van der Waals surface area contributed by atoms with E-state index in [2.05, 4.69) is 27.4 Å². The van der Waals surface area contributed by atoms with Gasteiger partial charge in [0.25, 0.3) is 5.56 Å². The summed E-state index contributed by atoms with van der Waals surface area (Å²) in [4.78, 5) is 37.2. The van der Waals surface area contributed by atoms with Gasteiger partial charge in [-0.15, -0.1) is 11.3 Å². The first-order valence-corrected chi connectivity index (χ1v) is 12.8. The number of benzene rings is 1. The van der Waals surface area contributed by atoms with E-state index in [4.69, 9.17) is 9.72 Å². The van der Waals surface area contributed by atoms with Gasteiger partial charge in [-0.2, -0.15) is 0 Å². The van der Waals surface area contributed by atoms with E-state index in [-0.39, 0.29) is 17.5 Å². The van der Waals surface area contributed by atoms with E-state index in [0.717, 1.165) is 53.9 Å². The van der Waals surface area contributed by atoms with Crippen LogP contribution in [0.2, 0.25) is 0 Å². The van der Waals surface area contributed by atoms with Crippen molar-refractivity contribution in [1.82, 2.24) is 14.9 Å². The van der Waals surface area contributed by atoms with Crippen LogP contribution in [0.25, 0.3) is 10.2 Å². The van der Waals surface area contributed by atoms with Crippen LogP contribution in [0.3, 0.4) is 0 Å². The van der Waals surface area contributed by atoms with E-state index < -0.39 is 0 Å². The average Bonchev–Trinajstić information content (AvgIpc) is 3.18. The minimum absolute atomic E-state index is 0.0286. The molecular weight excluding hydrogens is 450 g/mol. The first-order chi connectivity index (χ1) is 16.5. The number of H-pyrrole nitrogens is 1. The van der Waals surface area contributed by atoms with Gasteiger partial charge < -0.3 is 20.4 Å². The summed E-state index contributed by atoms with van der Waals surface area (Å²) in [5.41, 5.74) is 2.80. The molecule has 0 radical (unpaired) electrons. The van der Waals surface area contributed by atoms with Crippen molar-refractivity contribution >= 4 is 38.8 Å². The van der Waals surface area contributed by atoms with Gasteiger partial charge in [-0.3, -0.25) is 14.5 Å². The third-order valence-electron chi connectivity index (χ3n) is 6.62. The molecule has 1 aromatic carbocycles. The summed E-state index contributed by atoms with van der Waals surface area (Å²) in [6.45, 7) is 7.53. The van der Waals surface area contributed by atoms with Crippen LogP contribution < -0.4 is 16.2 Å². The predicted octanol–water partition coefficient (Wildman–Crippen LogP) is 3.55. The molecule has 9 heteroatoms. The van der Waals surface area contributed by atoms with E-state index in [0.29, 0.717) is 31.5 Å². The van der Waals surface area contributed by atoms with E-state index >= 15 is 0 Å². The summed E-state index contributed by atoms with van der Waals surface area (Å²) in [6, 6.07) is 7.42. The second kappa shape index (κ2) is 9.85. The number of aromatic nitrogens is 2. The summed E-state index contributed by atoms with van der Waals surface area (Å²) in [5.74, 6) is 1.26. The van der Waals surface area contributed by atoms with Gasteiger partial charge >= 0.3 is 0 Å². The number of rotatable bonds is 6. The molecule has 2 aromatic heterocycles. The standard InChI is InChI=1S/C25H31N5O3S/c1-15-3-8-19-20(13-15)34-25-22(19)24(32)28-23(29-25)16(2)26-17-4-6-18(7-5-17)27-21(31)14-30-9-11-33-12-10-30/h4-7,15-16,26H,3,8-14H2,1-2H3,(H,27,31)(H,28,29,32)/t15-,16+/m0/s1. The van der Waals surface area contributed by atoms with Crippen molar-refractivity contribution in [3.8, 4) is 0 Å². The third kappa shape index (κ3) is 5.01. The molecule has 1 aliphatic carbocycles. The Morgan fingerprint density at radius 1 is 1.26 bits per heavy atom. The number of carbonyl (C=O) groups is 1. The zero-order valence-electron chi connectivity index (χ0n) is 19.6. The highest BCUT2D eigenvalue weighted by molar-refractivity contribution is 7.18. The lowest BCUT2D eigenvalue weighted by Crippen LogP contribution is -2.41. The number of hydrogen-bond donors (Lipinski definition) is 3. The van der Waals surface area contributed by atoms with Crippen LogP contribution in [0, 0.1) is 5.92 Å². The molecule has 8 nitrogen and oxygen atoms in total. The fourth-order valence-corrected chi connectivity index (χ4v) is 6.09. The summed E-state index contributed by atoms with van der Waals surface area (Å²) in [7, 11) is 0. The fraction of sp³-hybridized carbons (Fsp3) is 0.480. The summed E-state index contributed by atoms with van der Waals surface area (Å²) < 4.78 is 5.32. The quantitative estimate of drug-likeness (QED) is 0.498. The Labute approximate surface area is 202 Å². The van der Waals surface area contributed by atoms with Crippen LogP contribution in [0.5, 0.6) is 0 Å². The number of ether oxygens (including phenoxy) is 1. The molecule has 1 saturated heterocycles. The Morgan fingerprint density at radius 3 is 2.76 bits per heavy atom. The number of amides is 1. The van der Waals surface area contributed by atoms with Gasteiger partial charge in [0.05, 0.1) is 31.2 Å². The van der Waals surface area contributed by atoms with Crippen molar-refractivity contribution < 1.29 is 9.53 Å². The monoisotopic (exact) mass is 481 g/mol. The molecule has 0 bridgehead atoms. The number of anilines is 2. The third-order valence-corrected chi connectivity index (χ3v) is 7.76. The highest BCUT2D eigenvalue weighted by atomic mass is 32.1. The zero-order chi connectivity index (χ0) is 23.7. The maximum atomic E-state index is 12.9. The van der Waals surface area contributed by atoms with Gasteiger partial charge in [0.1, 0.15) is 10.7 Å². The Kier molecular flexibility index (Phi) is 6.67. The maximum Gasteiger partial charge on any atom is 0.259 e. The number of hydrogen-bond acceptors (Lipinski definition) is 7. The Balaban J connectivity index is 1.24. The second-order valence-electron chi connectivity index (χ2n) is 9.36. The smallest absolute Gasteiger partial charge is 0.259 e. The van der Waals surface area contributed by atoms with Crippen LogP contribution in [0.4, 0.5) is 11.4 Å². The van der Waals surface area contributed by atoms with Gasteiger partial charge in [-0.05, 0) is 61.9 Å². The number of carbonyl (C=O) groups excluding carboxylic acids is 1. The van der Waals surface area contributed by atoms with Crippen LogP contribution in [0.15, 0.2) is 29.1 Å². The number of aromatic amines is 1. The molecule has 0 spiro atoms. The Hall–Kier alpha value is -2.75. The molecule has 3 heterocycles. The van der Waals surface area contributed by atoms with Gasteiger partial charge in [0.2, 0.25) is 5.91 Å². The summed E-state index contributed by atoms with van der Waals surface area (Å²) in [5, 5.41) is 7.13. The first kappa shape index (κ1) is 23.0. The zero-order valence-corrected chi connectivity index (χ0v) is 20.5. The lowest BCUT2D eigenvalue weighted by atomic mass is 9.89. The van der Waals surface area contributed by atoms with Gasteiger partial charge in [0.15, 0.2) is 0 Å². The fourth-order valence-electron chi connectivity index (χ4n) is 4.70. The summed E-state index contributed by atoms with van der Waals surface area (Å²) in [6.07, 6.45) is 3.12. The summed E-state index contributed by atoms with van der Waals surface area (Å²) >= 11 is 1.67. The molecule has 34 heavy (non-hydrogen) atoms. The van der Waals surface area contributed by atoms with Crippen LogP contribution >= 0.6 is 11.3 Å². The van der Waals surface area contributed by atoms with Gasteiger partial charge in [0, 0.05) is 29.3 Å². The molecule has 1 fully saturated rings. The number of nitrogens with one attached hydrogen (secondary N) is 3. The molecule has 0 saturated carbocycles. The molecule has 2 aliphatic rings.